The molecule has 5 heteroatoms. The summed E-state index contributed by atoms with van der Waals surface area (Å²) in [5.41, 5.74) is 2.32. The predicted molar refractivity (Wildman–Crippen MR) is 100 cm³/mol. The molecule has 2 N–H and O–H groups in total. The van der Waals surface area contributed by atoms with E-state index in [-0.39, 0.29) is 18.3 Å². The molecule has 4 nitrogen and oxygen atoms in total. The molecule has 0 bridgehead atoms. The van der Waals surface area contributed by atoms with Gasteiger partial charge in [0.1, 0.15) is 0 Å². The third-order valence-corrected chi connectivity index (χ3v) is 4.44. The number of benzene rings is 1. The second kappa shape index (κ2) is 12.3. The van der Waals surface area contributed by atoms with E-state index in [9.17, 15) is 4.79 Å². The number of rotatable bonds is 9. The van der Waals surface area contributed by atoms with Crippen molar-refractivity contribution in [1.29, 1.82) is 0 Å². The number of hydrogen-bond donors (Lipinski definition) is 2. The molecule has 24 heavy (non-hydrogen) atoms. The van der Waals surface area contributed by atoms with Crippen LogP contribution >= 0.6 is 12.4 Å². The summed E-state index contributed by atoms with van der Waals surface area (Å²) < 4.78 is 5.62. The Bertz CT molecular complexity index is 476. The van der Waals surface area contributed by atoms with Crippen molar-refractivity contribution in [3.8, 4) is 0 Å². The van der Waals surface area contributed by atoms with Crippen LogP contribution in [0.2, 0.25) is 0 Å². The average molecular weight is 355 g/mol. The number of ether oxygens (including phenoxy) is 1. The molecule has 1 saturated heterocycles. The van der Waals surface area contributed by atoms with Gasteiger partial charge >= 0.3 is 0 Å². The van der Waals surface area contributed by atoms with Gasteiger partial charge in [0.2, 0.25) is 5.91 Å². The van der Waals surface area contributed by atoms with Crippen LogP contribution in [-0.2, 0) is 22.7 Å². The first-order chi connectivity index (χ1) is 11.3. The Morgan fingerprint density at radius 1 is 1.25 bits per heavy atom. The molecule has 2 rings (SSSR count). The highest BCUT2D eigenvalue weighted by atomic mass is 35.5. The highest BCUT2D eigenvalue weighted by molar-refractivity contribution is 5.85. The average Bonchev–Trinajstić information content (AvgIpc) is 2.60. The van der Waals surface area contributed by atoms with Crippen LogP contribution in [0.15, 0.2) is 24.3 Å². The van der Waals surface area contributed by atoms with E-state index in [1.165, 1.54) is 18.4 Å². The lowest BCUT2D eigenvalue weighted by Gasteiger charge is -2.22. The molecule has 1 fully saturated rings. The molecule has 1 aliphatic heterocycles. The standard InChI is InChI=1S/C19H30N2O2.ClH/c1-2-13-23-15-18-6-4-3-5-17(18)14-21-19(22)8-7-16-9-11-20-12-10-16;/h3-6,16,20H,2,7-15H2,1H3,(H,21,22);1H. The van der Waals surface area contributed by atoms with Crippen LogP contribution in [0.25, 0.3) is 0 Å². The Balaban J connectivity index is 0.00000288. The Labute approximate surface area is 152 Å². The molecule has 0 atom stereocenters. The van der Waals surface area contributed by atoms with Gasteiger partial charge in [-0.05, 0) is 55.8 Å². The first kappa shape index (κ1) is 20.9. The minimum absolute atomic E-state index is 0. The highest BCUT2D eigenvalue weighted by Gasteiger charge is 2.14. The summed E-state index contributed by atoms with van der Waals surface area (Å²) in [6, 6.07) is 8.18. The number of nitrogens with one attached hydrogen (secondary N) is 2. The molecule has 0 spiro atoms. The van der Waals surface area contributed by atoms with Crippen LogP contribution in [0.4, 0.5) is 0 Å². The minimum Gasteiger partial charge on any atom is -0.377 e. The zero-order chi connectivity index (χ0) is 16.3. The van der Waals surface area contributed by atoms with Crippen molar-refractivity contribution < 1.29 is 9.53 Å². The molecule has 0 aliphatic carbocycles. The predicted octanol–water partition coefficient (Wildman–Crippen LogP) is 3.43. The number of halogens is 1. The third-order valence-electron chi connectivity index (χ3n) is 4.44. The van der Waals surface area contributed by atoms with Gasteiger partial charge in [-0.1, -0.05) is 31.2 Å². The van der Waals surface area contributed by atoms with Crippen LogP contribution in [-0.4, -0.2) is 25.6 Å². The fourth-order valence-electron chi connectivity index (χ4n) is 2.99. The lowest BCUT2D eigenvalue weighted by atomic mass is 9.93. The lowest BCUT2D eigenvalue weighted by molar-refractivity contribution is -0.121. The molecule has 0 radical (unpaired) electrons. The largest absolute Gasteiger partial charge is 0.377 e. The monoisotopic (exact) mass is 354 g/mol. The van der Waals surface area contributed by atoms with Crippen LogP contribution in [0, 0.1) is 5.92 Å². The van der Waals surface area contributed by atoms with Gasteiger partial charge in [0.15, 0.2) is 0 Å². The molecule has 1 heterocycles. The first-order valence-corrected chi connectivity index (χ1v) is 8.91. The van der Waals surface area contributed by atoms with Crippen molar-refractivity contribution in [1.82, 2.24) is 10.6 Å². The topological polar surface area (TPSA) is 50.4 Å². The van der Waals surface area contributed by atoms with Crippen LogP contribution in [0.5, 0.6) is 0 Å². The Kier molecular flexibility index (Phi) is 10.7. The maximum absolute atomic E-state index is 12.1. The molecule has 0 aromatic heterocycles. The molecule has 0 unspecified atom stereocenters. The van der Waals surface area contributed by atoms with E-state index < -0.39 is 0 Å². The van der Waals surface area contributed by atoms with E-state index in [0.717, 1.165) is 38.1 Å². The molecular weight excluding hydrogens is 324 g/mol. The third kappa shape index (κ3) is 7.65. The number of carbonyl (C=O) groups excluding carboxylic acids is 1. The SMILES string of the molecule is CCCOCc1ccccc1CNC(=O)CCC1CCNCC1.Cl. The van der Waals surface area contributed by atoms with Gasteiger partial charge in [0.25, 0.3) is 0 Å². The van der Waals surface area contributed by atoms with Crippen molar-refractivity contribution in [2.75, 3.05) is 19.7 Å². The summed E-state index contributed by atoms with van der Waals surface area (Å²) in [6.07, 6.45) is 5.07. The van der Waals surface area contributed by atoms with Crippen LogP contribution < -0.4 is 10.6 Å². The molecule has 1 amide bonds. The molecule has 1 aromatic carbocycles. The summed E-state index contributed by atoms with van der Waals surface area (Å²) >= 11 is 0. The fourth-order valence-corrected chi connectivity index (χ4v) is 2.99. The van der Waals surface area contributed by atoms with E-state index in [1.807, 2.05) is 12.1 Å². The normalized spacial score (nSPS) is 14.9. The van der Waals surface area contributed by atoms with Gasteiger partial charge < -0.3 is 15.4 Å². The quantitative estimate of drug-likeness (QED) is 0.668. The zero-order valence-corrected chi connectivity index (χ0v) is 15.5. The van der Waals surface area contributed by atoms with Gasteiger partial charge in [-0.25, -0.2) is 0 Å². The number of carbonyl (C=O) groups is 1. The Morgan fingerprint density at radius 3 is 2.67 bits per heavy atom. The maximum Gasteiger partial charge on any atom is 0.220 e. The van der Waals surface area contributed by atoms with Crippen molar-refractivity contribution in [3.63, 3.8) is 0 Å². The number of hydrogen-bond acceptors (Lipinski definition) is 3. The second-order valence-corrected chi connectivity index (χ2v) is 6.33. The van der Waals surface area contributed by atoms with Gasteiger partial charge in [-0.3, -0.25) is 4.79 Å². The molecular formula is C19H31ClN2O2. The summed E-state index contributed by atoms with van der Waals surface area (Å²) in [4.78, 5) is 12.1. The minimum atomic E-state index is 0. The summed E-state index contributed by atoms with van der Waals surface area (Å²) in [5.74, 6) is 0.865. The maximum atomic E-state index is 12.1. The fraction of sp³-hybridized carbons (Fsp3) is 0.632. The van der Waals surface area contributed by atoms with E-state index in [0.29, 0.717) is 25.5 Å². The zero-order valence-electron chi connectivity index (χ0n) is 14.7. The van der Waals surface area contributed by atoms with Gasteiger partial charge in [-0.2, -0.15) is 0 Å². The Hall–Kier alpha value is -1.10. The van der Waals surface area contributed by atoms with Crippen molar-refractivity contribution in [2.24, 2.45) is 5.92 Å². The van der Waals surface area contributed by atoms with Crippen molar-refractivity contribution in [2.45, 2.75) is 52.2 Å². The van der Waals surface area contributed by atoms with E-state index in [2.05, 4.69) is 29.7 Å². The van der Waals surface area contributed by atoms with Crippen LogP contribution in [0.3, 0.4) is 0 Å². The van der Waals surface area contributed by atoms with Crippen LogP contribution in [0.1, 0.15) is 50.2 Å². The molecule has 1 aliphatic rings. The smallest absolute Gasteiger partial charge is 0.220 e. The van der Waals surface area contributed by atoms with Gasteiger partial charge in [0.05, 0.1) is 6.61 Å². The van der Waals surface area contributed by atoms with E-state index in [1.54, 1.807) is 0 Å². The summed E-state index contributed by atoms with van der Waals surface area (Å²) in [6.45, 7) is 6.28. The van der Waals surface area contributed by atoms with Gasteiger partial charge in [-0.15, -0.1) is 12.4 Å². The van der Waals surface area contributed by atoms with E-state index in [4.69, 9.17) is 4.74 Å². The molecule has 0 saturated carbocycles. The Morgan fingerprint density at radius 2 is 1.96 bits per heavy atom. The molecule has 136 valence electrons. The first-order valence-electron chi connectivity index (χ1n) is 8.91. The lowest BCUT2D eigenvalue weighted by Crippen LogP contribution is -2.29. The van der Waals surface area contributed by atoms with Gasteiger partial charge in [0, 0.05) is 19.6 Å². The summed E-state index contributed by atoms with van der Waals surface area (Å²) in [7, 11) is 0. The second-order valence-electron chi connectivity index (χ2n) is 6.33. The van der Waals surface area contributed by atoms with Crippen molar-refractivity contribution >= 4 is 18.3 Å². The molecule has 1 aromatic rings. The summed E-state index contributed by atoms with van der Waals surface area (Å²) in [5, 5.41) is 6.42. The highest BCUT2D eigenvalue weighted by Crippen LogP contribution is 2.17. The number of amides is 1. The number of piperidine rings is 1. The van der Waals surface area contributed by atoms with Crippen molar-refractivity contribution in [3.05, 3.63) is 35.4 Å². The van der Waals surface area contributed by atoms with E-state index >= 15 is 0 Å².